The molecule has 0 aromatic heterocycles. The molecule has 2 aliphatic rings. The van der Waals surface area contributed by atoms with E-state index in [-0.39, 0.29) is 24.5 Å². The molecule has 1 aromatic carbocycles. The Kier molecular flexibility index (Phi) is 9.78. The predicted molar refractivity (Wildman–Crippen MR) is 119 cm³/mol. The van der Waals surface area contributed by atoms with Crippen LogP contribution in [0.2, 0.25) is 0 Å². The first-order valence-electron chi connectivity index (χ1n) is 11.6. The third kappa shape index (κ3) is 7.30. The van der Waals surface area contributed by atoms with Crippen molar-refractivity contribution in [3.63, 3.8) is 0 Å². The lowest BCUT2D eigenvalue weighted by Crippen LogP contribution is -2.58. The molecule has 3 rings (SSSR count). The maximum atomic E-state index is 13.0. The van der Waals surface area contributed by atoms with Crippen LogP contribution in [0, 0.1) is 5.92 Å². The number of hydrogen-bond donors (Lipinski definition) is 1. The smallest absolute Gasteiger partial charge is 0.248 e. The summed E-state index contributed by atoms with van der Waals surface area (Å²) in [7, 11) is 1.68. The topological polar surface area (TPSA) is 71.1 Å². The van der Waals surface area contributed by atoms with Gasteiger partial charge in [0.05, 0.1) is 12.6 Å². The van der Waals surface area contributed by atoms with Gasteiger partial charge in [-0.2, -0.15) is 0 Å². The largest absolute Gasteiger partial charge is 0.385 e. The second-order valence-corrected chi connectivity index (χ2v) is 8.52. The number of carbonyl (C=O) groups excluding carboxylic acids is 2. The highest BCUT2D eigenvalue weighted by atomic mass is 16.5. The van der Waals surface area contributed by atoms with Crippen LogP contribution in [0.3, 0.4) is 0 Å². The Labute approximate surface area is 186 Å². The van der Waals surface area contributed by atoms with Crippen molar-refractivity contribution in [2.45, 2.75) is 44.8 Å². The van der Waals surface area contributed by atoms with Gasteiger partial charge in [0, 0.05) is 46.4 Å². The van der Waals surface area contributed by atoms with E-state index in [2.05, 4.69) is 10.2 Å². The molecule has 1 atom stereocenters. The number of benzene rings is 1. The van der Waals surface area contributed by atoms with Crippen molar-refractivity contribution >= 4 is 11.8 Å². The number of ether oxygens (including phenoxy) is 2. The minimum Gasteiger partial charge on any atom is -0.385 e. The zero-order valence-electron chi connectivity index (χ0n) is 18.8. The summed E-state index contributed by atoms with van der Waals surface area (Å²) in [6.07, 6.45) is 5.46. The van der Waals surface area contributed by atoms with E-state index in [9.17, 15) is 9.59 Å². The summed E-state index contributed by atoms with van der Waals surface area (Å²) in [5.74, 6) is 0.574. The van der Waals surface area contributed by atoms with E-state index >= 15 is 0 Å². The Morgan fingerprint density at radius 2 is 1.81 bits per heavy atom. The van der Waals surface area contributed by atoms with E-state index in [1.54, 1.807) is 7.11 Å². The SMILES string of the molecule is COCCCNC(=O)C(C1CCCC1)N1CCN(C(=O)COCc2ccccc2)CC1. The molecule has 0 spiro atoms. The highest BCUT2D eigenvalue weighted by Gasteiger charge is 2.37. The summed E-state index contributed by atoms with van der Waals surface area (Å²) in [5, 5.41) is 3.11. The van der Waals surface area contributed by atoms with Crippen LogP contribution in [-0.2, 0) is 25.7 Å². The van der Waals surface area contributed by atoms with Gasteiger partial charge in [0.15, 0.2) is 0 Å². The average molecular weight is 432 g/mol. The molecular weight excluding hydrogens is 394 g/mol. The zero-order valence-corrected chi connectivity index (χ0v) is 18.8. The lowest BCUT2D eigenvalue weighted by molar-refractivity contribution is -0.139. The minimum atomic E-state index is -0.0865. The number of rotatable bonds is 11. The van der Waals surface area contributed by atoms with Gasteiger partial charge in [-0.1, -0.05) is 43.2 Å². The molecule has 1 aliphatic carbocycles. The van der Waals surface area contributed by atoms with Crippen LogP contribution < -0.4 is 5.32 Å². The second kappa shape index (κ2) is 12.8. The summed E-state index contributed by atoms with van der Waals surface area (Å²) in [6.45, 7) is 4.60. The normalized spacial score (nSPS) is 18.8. The predicted octanol–water partition coefficient (Wildman–Crippen LogP) is 2.06. The summed E-state index contributed by atoms with van der Waals surface area (Å²) in [5.41, 5.74) is 1.07. The number of nitrogens with zero attached hydrogens (tertiary/aromatic N) is 2. The number of hydrogen-bond acceptors (Lipinski definition) is 5. The van der Waals surface area contributed by atoms with E-state index in [1.807, 2.05) is 35.2 Å². The molecule has 1 N–H and O–H groups in total. The summed E-state index contributed by atoms with van der Waals surface area (Å²) < 4.78 is 10.7. The Morgan fingerprint density at radius 3 is 2.48 bits per heavy atom. The van der Waals surface area contributed by atoms with E-state index in [0.29, 0.717) is 38.8 Å². The molecule has 2 fully saturated rings. The van der Waals surface area contributed by atoms with Crippen molar-refractivity contribution in [2.24, 2.45) is 5.92 Å². The summed E-state index contributed by atoms with van der Waals surface area (Å²) in [6, 6.07) is 9.80. The Hall–Kier alpha value is -1.96. The van der Waals surface area contributed by atoms with Crippen LogP contribution in [0.5, 0.6) is 0 Å². The van der Waals surface area contributed by atoms with Crippen LogP contribution in [0.15, 0.2) is 30.3 Å². The van der Waals surface area contributed by atoms with E-state index < -0.39 is 0 Å². The minimum absolute atomic E-state index is 0.0250. The van der Waals surface area contributed by atoms with Crippen LogP contribution in [-0.4, -0.2) is 80.7 Å². The second-order valence-electron chi connectivity index (χ2n) is 8.52. The van der Waals surface area contributed by atoms with Crippen molar-refractivity contribution in [1.29, 1.82) is 0 Å². The third-order valence-electron chi connectivity index (χ3n) is 6.34. The Morgan fingerprint density at radius 1 is 1.10 bits per heavy atom. The van der Waals surface area contributed by atoms with Gasteiger partial charge in [-0.25, -0.2) is 0 Å². The molecule has 1 aliphatic heterocycles. The molecule has 172 valence electrons. The summed E-state index contributed by atoms with van der Waals surface area (Å²) >= 11 is 0. The van der Waals surface area contributed by atoms with Crippen molar-refractivity contribution in [3.8, 4) is 0 Å². The number of methoxy groups -OCH3 is 1. The highest BCUT2D eigenvalue weighted by Crippen LogP contribution is 2.31. The fourth-order valence-corrected chi connectivity index (χ4v) is 4.66. The van der Waals surface area contributed by atoms with Crippen molar-refractivity contribution < 1.29 is 19.1 Å². The Balaban J connectivity index is 1.45. The van der Waals surface area contributed by atoms with E-state index in [4.69, 9.17) is 9.47 Å². The maximum absolute atomic E-state index is 13.0. The number of piperazine rings is 1. The fourth-order valence-electron chi connectivity index (χ4n) is 4.66. The lowest BCUT2D eigenvalue weighted by Gasteiger charge is -2.40. The molecule has 1 saturated carbocycles. The van der Waals surface area contributed by atoms with Gasteiger partial charge in [0.2, 0.25) is 11.8 Å². The zero-order chi connectivity index (χ0) is 21.9. The first kappa shape index (κ1) is 23.7. The van der Waals surface area contributed by atoms with Gasteiger partial charge in [-0.15, -0.1) is 0 Å². The lowest BCUT2D eigenvalue weighted by atomic mass is 9.95. The van der Waals surface area contributed by atoms with Gasteiger partial charge in [0.1, 0.15) is 6.61 Å². The molecular formula is C24H37N3O4. The van der Waals surface area contributed by atoms with E-state index in [1.165, 1.54) is 12.8 Å². The molecule has 1 aromatic rings. The van der Waals surface area contributed by atoms with Crippen LogP contribution in [0.4, 0.5) is 0 Å². The van der Waals surface area contributed by atoms with Crippen LogP contribution in [0.1, 0.15) is 37.7 Å². The quantitative estimate of drug-likeness (QED) is 0.543. The van der Waals surface area contributed by atoms with Gasteiger partial charge in [-0.05, 0) is 30.7 Å². The molecule has 7 nitrogen and oxygen atoms in total. The molecule has 1 heterocycles. The molecule has 0 bridgehead atoms. The Bertz CT molecular complexity index is 671. The van der Waals surface area contributed by atoms with Gasteiger partial charge >= 0.3 is 0 Å². The van der Waals surface area contributed by atoms with Gasteiger partial charge in [-0.3, -0.25) is 14.5 Å². The van der Waals surface area contributed by atoms with Crippen molar-refractivity contribution in [2.75, 3.05) is 53.0 Å². The monoisotopic (exact) mass is 431 g/mol. The molecule has 7 heteroatoms. The average Bonchev–Trinajstić information content (AvgIpc) is 3.32. The van der Waals surface area contributed by atoms with Crippen molar-refractivity contribution in [3.05, 3.63) is 35.9 Å². The van der Waals surface area contributed by atoms with Crippen LogP contribution in [0.25, 0.3) is 0 Å². The van der Waals surface area contributed by atoms with E-state index in [0.717, 1.165) is 37.9 Å². The number of amides is 2. The maximum Gasteiger partial charge on any atom is 0.248 e. The molecule has 1 unspecified atom stereocenters. The molecule has 31 heavy (non-hydrogen) atoms. The number of nitrogens with one attached hydrogen (secondary N) is 1. The van der Waals surface area contributed by atoms with Crippen molar-refractivity contribution in [1.82, 2.24) is 15.1 Å². The summed E-state index contributed by atoms with van der Waals surface area (Å²) in [4.78, 5) is 29.7. The molecule has 2 amide bonds. The van der Waals surface area contributed by atoms with Gasteiger partial charge in [0.25, 0.3) is 0 Å². The highest BCUT2D eigenvalue weighted by molar-refractivity contribution is 5.82. The van der Waals surface area contributed by atoms with Gasteiger partial charge < -0.3 is 19.7 Å². The first-order valence-corrected chi connectivity index (χ1v) is 11.6. The third-order valence-corrected chi connectivity index (χ3v) is 6.34. The number of carbonyl (C=O) groups is 2. The first-order chi connectivity index (χ1) is 15.2. The standard InChI is InChI=1S/C24H37N3O4/c1-30-17-7-12-25-24(29)23(21-10-5-6-11-21)27-15-13-26(14-16-27)22(28)19-31-18-20-8-3-2-4-9-20/h2-4,8-9,21,23H,5-7,10-19H2,1H3,(H,25,29). The molecule has 0 radical (unpaired) electrons. The van der Waals surface area contributed by atoms with Crippen LogP contribution >= 0.6 is 0 Å². The molecule has 1 saturated heterocycles. The fraction of sp³-hybridized carbons (Fsp3) is 0.667.